The van der Waals surface area contributed by atoms with Crippen molar-refractivity contribution < 1.29 is 23.9 Å². The molecule has 0 spiro atoms. The fourth-order valence-corrected chi connectivity index (χ4v) is 3.68. The predicted molar refractivity (Wildman–Crippen MR) is 94.2 cm³/mol. The maximum absolute atomic E-state index is 12.8. The van der Waals surface area contributed by atoms with Crippen LogP contribution in [0.2, 0.25) is 0 Å². The minimum atomic E-state index is -0.895. The van der Waals surface area contributed by atoms with E-state index in [0.717, 1.165) is 5.56 Å². The summed E-state index contributed by atoms with van der Waals surface area (Å²) in [5.41, 5.74) is 0.188. The second kappa shape index (κ2) is 7.09. The standard InChI is InChI=1S/C20H25NO5/c1-20(2,3)26-19(24)21-14-9-10-15(16(22)11-14)17(21)18(23)25-12-13-7-5-4-6-8-13/h4-8,14-15,17H,9-12H2,1-3H3/t14?,15-,17+/m1/s1. The van der Waals surface area contributed by atoms with E-state index in [1.165, 1.54) is 4.90 Å². The number of carbonyl (C=O) groups excluding carboxylic acids is 3. The third-order valence-electron chi connectivity index (χ3n) is 4.81. The molecule has 1 unspecified atom stereocenters. The number of ketones is 1. The largest absolute Gasteiger partial charge is 0.459 e. The smallest absolute Gasteiger partial charge is 0.411 e. The van der Waals surface area contributed by atoms with Crippen molar-refractivity contribution in [2.24, 2.45) is 5.92 Å². The number of hydrogen-bond acceptors (Lipinski definition) is 5. The Balaban J connectivity index is 1.77. The number of nitrogens with zero attached hydrogens (tertiary/aromatic N) is 1. The van der Waals surface area contributed by atoms with Crippen LogP contribution in [0.15, 0.2) is 30.3 Å². The van der Waals surface area contributed by atoms with E-state index in [4.69, 9.17) is 9.47 Å². The van der Waals surface area contributed by atoms with Gasteiger partial charge in [-0.2, -0.15) is 0 Å². The molecule has 26 heavy (non-hydrogen) atoms. The van der Waals surface area contributed by atoms with E-state index in [1.807, 2.05) is 30.3 Å². The Labute approximate surface area is 153 Å². The molecule has 6 heteroatoms. The van der Waals surface area contributed by atoms with Crippen LogP contribution in [0.5, 0.6) is 0 Å². The number of piperidine rings is 2. The minimum absolute atomic E-state index is 0.0303. The van der Waals surface area contributed by atoms with Gasteiger partial charge in [0.1, 0.15) is 24.0 Å². The first-order valence-electron chi connectivity index (χ1n) is 9.01. The Kier molecular flexibility index (Phi) is 5.03. The number of fused-ring (bicyclic) bond motifs is 3. The molecule has 1 saturated carbocycles. The summed E-state index contributed by atoms with van der Waals surface area (Å²) in [6, 6.07) is 8.14. The highest BCUT2D eigenvalue weighted by Crippen LogP contribution is 2.39. The van der Waals surface area contributed by atoms with E-state index in [0.29, 0.717) is 12.8 Å². The molecule has 3 aliphatic rings. The van der Waals surface area contributed by atoms with E-state index in [2.05, 4.69) is 0 Å². The van der Waals surface area contributed by atoms with Crippen LogP contribution >= 0.6 is 0 Å². The normalized spacial score (nSPS) is 25.1. The van der Waals surface area contributed by atoms with Crippen molar-refractivity contribution in [3.05, 3.63) is 35.9 Å². The molecular formula is C20H25NO5. The zero-order valence-electron chi connectivity index (χ0n) is 15.4. The Hall–Kier alpha value is -2.37. The summed E-state index contributed by atoms with van der Waals surface area (Å²) in [6.45, 7) is 5.45. The average molecular weight is 359 g/mol. The van der Waals surface area contributed by atoms with Gasteiger partial charge in [-0.3, -0.25) is 9.69 Å². The van der Waals surface area contributed by atoms with Crippen LogP contribution in [0, 0.1) is 5.92 Å². The third-order valence-corrected chi connectivity index (χ3v) is 4.81. The van der Waals surface area contributed by atoms with E-state index >= 15 is 0 Å². The maximum atomic E-state index is 12.8. The van der Waals surface area contributed by atoms with Crippen LogP contribution in [0.3, 0.4) is 0 Å². The molecule has 3 atom stereocenters. The van der Waals surface area contributed by atoms with E-state index in [9.17, 15) is 14.4 Å². The van der Waals surface area contributed by atoms with Gasteiger partial charge in [0.15, 0.2) is 0 Å². The molecule has 1 aromatic rings. The van der Waals surface area contributed by atoms with Crippen molar-refractivity contribution in [3.63, 3.8) is 0 Å². The number of amides is 1. The third kappa shape index (κ3) is 3.89. The Morgan fingerprint density at radius 2 is 1.85 bits per heavy atom. The van der Waals surface area contributed by atoms with Gasteiger partial charge in [-0.05, 0) is 39.2 Å². The topological polar surface area (TPSA) is 72.9 Å². The highest BCUT2D eigenvalue weighted by atomic mass is 16.6. The lowest BCUT2D eigenvalue weighted by Crippen LogP contribution is -2.64. The summed E-state index contributed by atoms with van der Waals surface area (Å²) in [7, 11) is 0. The summed E-state index contributed by atoms with van der Waals surface area (Å²) >= 11 is 0. The summed E-state index contributed by atoms with van der Waals surface area (Å²) in [5, 5.41) is 0. The first kappa shape index (κ1) is 18.4. The average Bonchev–Trinajstić information content (AvgIpc) is 2.58. The zero-order chi connectivity index (χ0) is 18.9. The van der Waals surface area contributed by atoms with Gasteiger partial charge in [-0.1, -0.05) is 30.3 Å². The van der Waals surface area contributed by atoms with Gasteiger partial charge in [0, 0.05) is 18.4 Å². The molecule has 0 N–H and O–H groups in total. The van der Waals surface area contributed by atoms with Crippen LogP contribution < -0.4 is 0 Å². The Bertz CT molecular complexity index is 694. The van der Waals surface area contributed by atoms with E-state index in [-0.39, 0.29) is 24.9 Å². The summed E-state index contributed by atoms with van der Waals surface area (Å²) in [5.74, 6) is -1.01. The number of carbonyl (C=O) groups is 3. The Morgan fingerprint density at radius 1 is 1.15 bits per heavy atom. The van der Waals surface area contributed by atoms with Crippen LogP contribution in [0.25, 0.3) is 0 Å². The van der Waals surface area contributed by atoms with Crippen molar-refractivity contribution in [1.82, 2.24) is 4.90 Å². The summed E-state index contributed by atoms with van der Waals surface area (Å²) < 4.78 is 10.9. The molecule has 3 fully saturated rings. The highest BCUT2D eigenvalue weighted by molar-refractivity contribution is 5.94. The van der Waals surface area contributed by atoms with Crippen molar-refractivity contribution in [2.45, 2.75) is 64.3 Å². The van der Waals surface area contributed by atoms with Gasteiger partial charge in [0.05, 0.1) is 0 Å². The molecule has 140 valence electrons. The van der Waals surface area contributed by atoms with Crippen molar-refractivity contribution in [2.75, 3.05) is 0 Å². The first-order valence-corrected chi connectivity index (χ1v) is 9.01. The van der Waals surface area contributed by atoms with Crippen LogP contribution in [-0.2, 0) is 25.7 Å². The predicted octanol–water partition coefficient (Wildman–Crippen LogP) is 3.09. The molecule has 0 radical (unpaired) electrons. The fraction of sp³-hybridized carbons (Fsp3) is 0.550. The number of Topliss-reactive ketones (excluding diaryl/α,β-unsaturated/α-hetero) is 1. The number of ether oxygens (including phenoxy) is 2. The summed E-state index contributed by atoms with van der Waals surface area (Å²) in [6.07, 6.45) is 1.04. The lowest BCUT2D eigenvalue weighted by atomic mass is 9.74. The van der Waals surface area contributed by atoms with Crippen LogP contribution in [0.1, 0.15) is 45.6 Å². The van der Waals surface area contributed by atoms with Gasteiger partial charge >= 0.3 is 12.1 Å². The van der Waals surface area contributed by atoms with Gasteiger partial charge < -0.3 is 9.47 Å². The molecule has 1 aromatic carbocycles. The number of benzene rings is 1. The second-order valence-corrected chi connectivity index (χ2v) is 7.93. The molecular weight excluding hydrogens is 334 g/mol. The summed E-state index contributed by atoms with van der Waals surface area (Å²) in [4.78, 5) is 39.2. The molecule has 2 aliphatic heterocycles. The van der Waals surface area contributed by atoms with E-state index < -0.39 is 29.6 Å². The monoisotopic (exact) mass is 359 g/mol. The van der Waals surface area contributed by atoms with Gasteiger partial charge in [-0.25, -0.2) is 9.59 Å². The molecule has 2 heterocycles. The van der Waals surface area contributed by atoms with Crippen molar-refractivity contribution >= 4 is 17.8 Å². The molecule has 6 nitrogen and oxygen atoms in total. The van der Waals surface area contributed by atoms with Crippen molar-refractivity contribution in [1.29, 1.82) is 0 Å². The number of rotatable bonds is 3. The van der Waals surface area contributed by atoms with Gasteiger partial charge in [0.2, 0.25) is 0 Å². The molecule has 4 rings (SSSR count). The molecule has 0 aromatic heterocycles. The molecule has 1 aliphatic carbocycles. The molecule has 2 bridgehead atoms. The lowest BCUT2D eigenvalue weighted by Gasteiger charge is -2.48. The molecule has 2 saturated heterocycles. The van der Waals surface area contributed by atoms with Crippen molar-refractivity contribution in [3.8, 4) is 0 Å². The second-order valence-electron chi connectivity index (χ2n) is 7.93. The lowest BCUT2D eigenvalue weighted by molar-refractivity contribution is -0.164. The maximum Gasteiger partial charge on any atom is 0.411 e. The van der Waals surface area contributed by atoms with Gasteiger partial charge in [0.25, 0.3) is 0 Å². The first-order chi connectivity index (χ1) is 12.3. The quantitative estimate of drug-likeness (QED) is 0.776. The van der Waals surface area contributed by atoms with E-state index in [1.54, 1.807) is 20.8 Å². The number of esters is 1. The number of hydrogen-bond donors (Lipinski definition) is 0. The highest BCUT2D eigenvalue weighted by Gasteiger charge is 2.53. The van der Waals surface area contributed by atoms with Crippen LogP contribution in [-0.4, -0.2) is 40.4 Å². The van der Waals surface area contributed by atoms with Gasteiger partial charge in [-0.15, -0.1) is 0 Å². The molecule has 1 amide bonds. The minimum Gasteiger partial charge on any atom is -0.459 e. The Morgan fingerprint density at radius 3 is 2.46 bits per heavy atom. The fourth-order valence-electron chi connectivity index (χ4n) is 3.68. The van der Waals surface area contributed by atoms with Crippen LogP contribution in [0.4, 0.5) is 4.79 Å². The SMILES string of the molecule is CC(C)(C)OC(=O)N1C2CC[C@H](C(=O)C2)[C@H]1C(=O)OCc1ccccc1. The zero-order valence-corrected chi connectivity index (χ0v) is 15.4.